The van der Waals surface area contributed by atoms with Gasteiger partial charge in [-0.25, -0.2) is 9.37 Å². The average molecular weight is 282 g/mol. The monoisotopic (exact) mass is 282 g/mol. The fraction of sp³-hybridized carbons (Fsp3) is 0.385. The third-order valence-corrected chi connectivity index (χ3v) is 3.70. The zero-order valence-electron chi connectivity index (χ0n) is 10.6. The van der Waals surface area contributed by atoms with Crippen LogP contribution >= 0.6 is 11.8 Å². The third-order valence-electron chi connectivity index (χ3n) is 2.74. The molecule has 4 nitrogen and oxygen atoms in total. The zero-order valence-corrected chi connectivity index (χ0v) is 11.4. The van der Waals surface area contributed by atoms with Crippen LogP contribution in [0, 0.1) is 5.82 Å². The first-order valence-corrected chi connectivity index (χ1v) is 7.10. The van der Waals surface area contributed by atoms with E-state index in [-0.39, 0.29) is 11.6 Å². The molecule has 1 aromatic heterocycles. The highest BCUT2D eigenvalue weighted by Crippen LogP contribution is 2.25. The van der Waals surface area contributed by atoms with Gasteiger partial charge in [-0.15, -0.1) is 0 Å². The van der Waals surface area contributed by atoms with Crippen molar-refractivity contribution >= 4 is 28.8 Å². The van der Waals surface area contributed by atoms with E-state index in [9.17, 15) is 9.18 Å². The van der Waals surface area contributed by atoms with Gasteiger partial charge in [-0.3, -0.25) is 4.79 Å². The molecule has 0 fully saturated rings. The maximum Gasteiger partial charge on any atom is 0.313 e. The maximum absolute atomic E-state index is 13.2. The topological polar surface area (TPSA) is 55.1 Å². The maximum atomic E-state index is 13.2. The fourth-order valence-corrected chi connectivity index (χ4v) is 2.61. The van der Waals surface area contributed by atoms with Crippen molar-refractivity contribution in [2.24, 2.45) is 0 Å². The lowest BCUT2D eigenvalue weighted by Crippen LogP contribution is -2.03. The number of carboxylic acid groups (broad SMARTS) is 1. The summed E-state index contributed by atoms with van der Waals surface area (Å²) < 4.78 is 15.2. The van der Waals surface area contributed by atoms with Gasteiger partial charge in [0.1, 0.15) is 5.82 Å². The predicted octanol–water partition coefficient (Wildman–Crippen LogP) is 3.15. The van der Waals surface area contributed by atoms with Crippen molar-refractivity contribution in [1.29, 1.82) is 0 Å². The summed E-state index contributed by atoms with van der Waals surface area (Å²) in [7, 11) is 0. The number of halogens is 1. The Morgan fingerprint density at radius 2 is 2.32 bits per heavy atom. The smallest absolute Gasteiger partial charge is 0.313 e. The van der Waals surface area contributed by atoms with Crippen LogP contribution < -0.4 is 0 Å². The molecule has 0 aliphatic rings. The van der Waals surface area contributed by atoms with Crippen LogP contribution in [0.15, 0.2) is 23.4 Å². The molecular weight excluding hydrogens is 267 g/mol. The molecule has 0 saturated heterocycles. The molecule has 0 aliphatic carbocycles. The van der Waals surface area contributed by atoms with E-state index in [1.165, 1.54) is 23.9 Å². The van der Waals surface area contributed by atoms with Crippen molar-refractivity contribution in [2.75, 3.05) is 5.75 Å². The zero-order chi connectivity index (χ0) is 13.8. The van der Waals surface area contributed by atoms with Crippen LogP contribution in [0.3, 0.4) is 0 Å². The summed E-state index contributed by atoms with van der Waals surface area (Å²) in [5, 5.41) is 9.38. The van der Waals surface area contributed by atoms with Crippen LogP contribution in [0.2, 0.25) is 0 Å². The lowest BCUT2D eigenvalue weighted by atomic mass is 10.3. The lowest BCUT2D eigenvalue weighted by molar-refractivity contribution is -0.133. The van der Waals surface area contributed by atoms with Gasteiger partial charge in [-0.1, -0.05) is 25.1 Å². The highest BCUT2D eigenvalue weighted by atomic mass is 32.2. The molecule has 19 heavy (non-hydrogen) atoms. The SMILES string of the molecule is CCCCn1c(SCC(=O)O)nc2cc(F)ccc21. The van der Waals surface area contributed by atoms with E-state index >= 15 is 0 Å². The normalized spacial score (nSPS) is 11.1. The Kier molecular flexibility index (Phi) is 4.42. The van der Waals surface area contributed by atoms with Crippen LogP contribution in [-0.4, -0.2) is 26.4 Å². The van der Waals surface area contributed by atoms with Gasteiger partial charge in [0.25, 0.3) is 0 Å². The molecule has 0 amide bonds. The van der Waals surface area contributed by atoms with Gasteiger partial charge in [0, 0.05) is 12.6 Å². The Morgan fingerprint density at radius 1 is 1.53 bits per heavy atom. The summed E-state index contributed by atoms with van der Waals surface area (Å²) in [5.41, 5.74) is 1.42. The lowest BCUT2D eigenvalue weighted by Gasteiger charge is -2.07. The molecule has 1 heterocycles. The number of rotatable bonds is 6. The largest absolute Gasteiger partial charge is 0.481 e. The van der Waals surface area contributed by atoms with E-state index in [1.54, 1.807) is 6.07 Å². The van der Waals surface area contributed by atoms with Gasteiger partial charge in [-0.05, 0) is 18.6 Å². The Bertz CT molecular complexity index is 598. The Balaban J connectivity index is 2.38. The van der Waals surface area contributed by atoms with E-state index in [0.717, 1.165) is 24.9 Å². The number of aliphatic carboxylic acids is 1. The highest BCUT2D eigenvalue weighted by molar-refractivity contribution is 7.99. The molecular formula is C13H15FN2O2S. The first kappa shape index (κ1) is 13.9. The van der Waals surface area contributed by atoms with Crippen molar-refractivity contribution < 1.29 is 14.3 Å². The van der Waals surface area contributed by atoms with Crippen molar-refractivity contribution in [1.82, 2.24) is 9.55 Å². The molecule has 1 aromatic carbocycles. The molecule has 0 spiro atoms. The first-order chi connectivity index (χ1) is 9.11. The number of carboxylic acids is 1. The Hall–Kier alpha value is -1.56. The molecule has 0 radical (unpaired) electrons. The predicted molar refractivity (Wildman–Crippen MR) is 73.0 cm³/mol. The summed E-state index contributed by atoms with van der Waals surface area (Å²) in [6, 6.07) is 4.47. The number of benzene rings is 1. The molecule has 0 unspecified atom stereocenters. The van der Waals surface area contributed by atoms with Crippen molar-refractivity contribution in [2.45, 2.75) is 31.5 Å². The summed E-state index contributed by atoms with van der Waals surface area (Å²) in [6.45, 7) is 2.85. The van der Waals surface area contributed by atoms with Crippen molar-refractivity contribution in [3.05, 3.63) is 24.0 Å². The van der Waals surface area contributed by atoms with E-state index in [4.69, 9.17) is 5.11 Å². The molecule has 2 rings (SSSR count). The van der Waals surface area contributed by atoms with Gasteiger partial charge in [0.05, 0.1) is 16.8 Å². The summed E-state index contributed by atoms with van der Waals surface area (Å²) in [4.78, 5) is 15.0. The number of aryl methyl sites for hydroxylation is 1. The number of imidazole rings is 1. The Labute approximate surface area is 114 Å². The van der Waals surface area contributed by atoms with Crippen LogP contribution in [0.25, 0.3) is 11.0 Å². The molecule has 2 aromatic rings. The molecule has 0 aliphatic heterocycles. The number of unbranched alkanes of at least 4 members (excludes halogenated alkanes) is 1. The van der Waals surface area contributed by atoms with Crippen molar-refractivity contribution in [3.8, 4) is 0 Å². The number of fused-ring (bicyclic) bond motifs is 1. The molecule has 102 valence electrons. The number of thioether (sulfide) groups is 1. The molecule has 0 bridgehead atoms. The molecule has 1 N–H and O–H groups in total. The first-order valence-electron chi connectivity index (χ1n) is 6.12. The third kappa shape index (κ3) is 3.26. The number of carbonyl (C=O) groups is 1. The van der Waals surface area contributed by atoms with E-state index in [2.05, 4.69) is 11.9 Å². The quantitative estimate of drug-likeness (QED) is 0.827. The van der Waals surface area contributed by atoms with Gasteiger partial charge in [-0.2, -0.15) is 0 Å². The minimum absolute atomic E-state index is 0.0437. The van der Waals surface area contributed by atoms with Gasteiger partial charge in [0.2, 0.25) is 0 Å². The molecule has 6 heteroatoms. The second-order valence-corrected chi connectivity index (χ2v) is 5.16. The van der Waals surface area contributed by atoms with Gasteiger partial charge < -0.3 is 9.67 Å². The van der Waals surface area contributed by atoms with Gasteiger partial charge in [0.15, 0.2) is 5.16 Å². The van der Waals surface area contributed by atoms with Gasteiger partial charge >= 0.3 is 5.97 Å². The summed E-state index contributed by atoms with van der Waals surface area (Å²) >= 11 is 1.17. The second-order valence-electron chi connectivity index (χ2n) is 4.22. The highest BCUT2D eigenvalue weighted by Gasteiger charge is 2.12. The fourth-order valence-electron chi connectivity index (χ4n) is 1.85. The van der Waals surface area contributed by atoms with Crippen LogP contribution in [0.1, 0.15) is 19.8 Å². The molecule has 0 saturated carbocycles. The van der Waals surface area contributed by atoms with Crippen molar-refractivity contribution in [3.63, 3.8) is 0 Å². The standard InChI is InChI=1S/C13H15FN2O2S/c1-2-3-6-16-11-5-4-9(14)7-10(11)15-13(16)19-8-12(17)18/h4-5,7H,2-3,6,8H2,1H3,(H,17,18). The second kappa shape index (κ2) is 6.06. The van der Waals surface area contributed by atoms with Crippen LogP contribution in [0.5, 0.6) is 0 Å². The number of hydrogen-bond acceptors (Lipinski definition) is 3. The van der Waals surface area contributed by atoms with E-state index < -0.39 is 5.97 Å². The van der Waals surface area contributed by atoms with Crippen LogP contribution in [-0.2, 0) is 11.3 Å². The minimum Gasteiger partial charge on any atom is -0.481 e. The summed E-state index contributed by atoms with van der Waals surface area (Å²) in [5.74, 6) is -1.26. The average Bonchev–Trinajstić information content (AvgIpc) is 2.70. The molecule has 0 atom stereocenters. The van der Waals surface area contributed by atoms with E-state index in [1.807, 2.05) is 4.57 Å². The summed E-state index contributed by atoms with van der Waals surface area (Å²) in [6.07, 6.45) is 2.01. The number of nitrogens with zero attached hydrogens (tertiary/aromatic N) is 2. The number of aromatic nitrogens is 2. The van der Waals surface area contributed by atoms with Crippen LogP contribution in [0.4, 0.5) is 4.39 Å². The van der Waals surface area contributed by atoms with E-state index in [0.29, 0.717) is 10.7 Å². The minimum atomic E-state index is -0.884. The Morgan fingerprint density at radius 3 is 3.00 bits per heavy atom. The number of hydrogen-bond donors (Lipinski definition) is 1.